The highest BCUT2D eigenvalue weighted by atomic mass is 35.5. The summed E-state index contributed by atoms with van der Waals surface area (Å²) in [5, 5.41) is 40.5. The highest BCUT2D eigenvalue weighted by Crippen LogP contribution is 2.48. The predicted octanol–water partition coefficient (Wildman–Crippen LogP) is 1.09. The largest absolute Gasteiger partial charge is 0.480 e. The molecular formula is C14H14ClNO7. The number of carboxylic acids is 2. The molecule has 8 nitrogen and oxygen atoms in total. The van der Waals surface area contributed by atoms with Gasteiger partial charge in [0, 0.05) is 10.8 Å². The molecule has 0 bridgehead atoms. The van der Waals surface area contributed by atoms with Crippen molar-refractivity contribution in [3.63, 3.8) is 0 Å². The summed E-state index contributed by atoms with van der Waals surface area (Å²) >= 11 is 6.01. The second-order valence-corrected chi connectivity index (χ2v) is 6.32. The lowest BCUT2D eigenvalue weighted by molar-refractivity contribution is -0.573. The molecule has 1 aliphatic carbocycles. The summed E-state index contributed by atoms with van der Waals surface area (Å²) < 4.78 is 0. The van der Waals surface area contributed by atoms with Crippen LogP contribution in [0.4, 0.5) is 0 Å². The van der Waals surface area contributed by atoms with Crippen LogP contribution in [0.25, 0.3) is 0 Å². The van der Waals surface area contributed by atoms with Crippen LogP contribution >= 0.6 is 11.6 Å². The fourth-order valence-electron chi connectivity index (χ4n) is 3.01. The molecule has 3 N–H and O–H groups in total. The summed E-state index contributed by atoms with van der Waals surface area (Å²) in [6.45, 7) is 0. The third-order valence-corrected chi connectivity index (χ3v) is 4.72. The number of nitrogens with zero attached hydrogens (tertiary/aromatic N) is 1. The van der Waals surface area contributed by atoms with E-state index in [1.807, 2.05) is 0 Å². The van der Waals surface area contributed by atoms with Gasteiger partial charge in [-0.25, -0.2) is 4.79 Å². The lowest BCUT2D eigenvalue weighted by Crippen LogP contribution is -2.65. The molecule has 0 radical (unpaired) electrons. The number of hydrogen-bond donors (Lipinski definition) is 3. The first-order chi connectivity index (χ1) is 10.6. The number of nitro groups is 1. The Kier molecular flexibility index (Phi) is 4.32. The Bertz CT molecular complexity index is 636. The van der Waals surface area contributed by atoms with Crippen molar-refractivity contribution in [1.29, 1.82) is 0 Å². The Hall–Kier alpha value is -2.19. The highest BCUT2D eigenvalue weighted by Gasteiger charge is 2.69. The number of hydrogen-bond acceptors (Lipinski definition) is 5. The van der Waals surface area contributed by atoms with Gasteiger partial charge in [-0.05, 0) is 12.0 Å². The van der Waals surface area contributed by atoms with Crippen molar-refractivity contribution in [2.45, 2.75) is 35.3 Å². The van der Waals surface area contributed by atoms with Crippen LogP contribution in [0.3, 0.4) is 0 Å². The van der Waals surface area contributed by atoms with Gasteiger partial charge in [-0.2, -0.15) is 0 Å². The summed E-state index contributed by atoms with van der Waals surface area (Å²) in [5.74, 6) is -4.57. The van der Waals surface area contributed by atoms with Crippen molar-refractivity contribution >= 4 is 23.5 Å². The maximum Gasteiger partial charge on any atom is 0.385 e. The fraction of sp³-hybridized carbons (Fsp3) is 0.429. The number of alkyl halides is 1. The van der Waals surface area contributed by atoms with Gasteiger partial charge in [0.1, 0.15) is 11.0 Å². The van der Waals surface area contributed by atoms with E-state index in [0.29, 0.717) is 5.56 Å². The number of carboxylic acid groups (broad SMARTS) is 2. The molecule has 0 aromatic heterocycles. The highest BCUT2D eigenvalue weighted by molar-refractivity contribution is 6.34. The molecule has 1 aromatic carbocycles. The summed E-state index contributed by atoms with van der Waals surface area (Å²) in [7, 11) is 0. The molecule has 23 heavy (non-hydrogen) atoms. The van der Waals surface area contributed by atoms with Gasteiger partial charge in [0.05, 0.1) is 6.42 Å². The van der Waals surface area contributed by atoms with Crippen LogP contribution in [0.5, 0.6) is 0 Å². The van der Waals surface area contributed by atoms with Gasteiger partial charge in [0.2, 0.25) is 0 Å². The molecule has 1 aliphatic rings. The van der Waals surface area contributed by atoms with Crippen LogP contribution in [0.15, 0.2) is 30.3 Å². The van der Waals surface area contributed by atoms with Crippen LogP contribution < -0.4 is 0 Å². The van der Waals surface area contributed by atoms with E-state index >= 15 is 0 Å². The average molecular weight is 344 g/mol. The second kappa shape index (κ2) is 5.78. The van der Waals surface area contributed by atoms with Gasteiger partial charge in [0.25, 0.3) is 0 Å². The minimum absolute atomic E-state index is 0.321. The number of aliphatic carboxylic acids is 2. The van der Waals surface area contributed by atoms with Gasteiger partial charge in [-0.3, -0.25) is 14.9 Å². The van der Waals surface area contributed by atoms with Crippen molar-refractivity contribution in [2.24, 2.45) is 0 Å². The normalized spacial score (nSPS) is 33.8. The van der Waals surface area contributed by atoms with Gasteiger partial charge < -0.3 is 15.3 Å². The summed E-state index contributed by atoms with van der Waals surface area (Å²) in [6, 6.07) is 7.93. The van der Waals surface area contributed by atoms with E-state index < -0.39 is 45.7 Å². The smallest absolute Gasteiger partial charge is 0.385 e. The van der Waals surface area contributed by atoms with Crippen LogP contribution in [-0.4, -0.2) is 48.7 Å². The summed E-state index contributed by atoms with van der Waals surface area (Å²) in [5.41, 5.74) is -2.50. The van der Waals surface area contributed by atoms with E-state index in [4.69, 9.17) is 11.6 Å². The van der Waals surface area contributed by atoms with Gasteiger partial charge >= 0.3 is 17.5 Å². The van der Waals surface area contributed by atoms with E-state index in [2.05, 4.69) is 0 Å². The minimum atomic E-state index is -2.89. The van der Waals surface area contributed by atoms with Crippen molar-refractivity contribution in [3.05, 3.63) is 46.0 Å². The number of halogens is 1. The standard InChI is InChI=1S/C14H14ClNO7/c15-13(11(18)19)6-9(8-4-2-1-3-5-8)10(17)14(7-13,12(20)21)16(22)23/h1-5,9-10,17H,6-7H2,(H,18,19)(H,20,21). The zero-order valence-corrected chi connectivity index (χ0v) is 12.5. The molecule has 4 atom stereocenters. The molecule has 1 saturated carbocycles. The summed E-state index contributed by atoms with van der Waals surface area (Å²) in [6.07, 6.45) is -3.24. The third-order valence-electron chi connectivity index (χ3n) is 4.27. The molecule has 4 unspecified atom stereocenters. The van der Waals surface area contributed by atoms with Crippen LogP contribution in [0.1, 0.15) is 24.3 Å². The molecule has 0 spiro atoms. The minimum Gasteiger partial charge on any atom is -0.480 e. The fourth-order valence-corrected chi connectivity index (χ4v) is 3.38. The van der Waals surface area contributed by atoms with E-state index in [-0.39, 0.29) is 6.42 Å². The summed E-state index contributed by atoms with van der Waals surface area (Å²) in [4.78, 5) is 31.1. The van der Waals surface area contributed by atoms with Crippen molar-refractivity contribution in [3.8, 4) is 0 Å². The number of rotatable bonds is 4. The first-order valence-electron chi connectivity index (χ1n) is 6.68. The van der Waals surface area contributed by atoms with E-state index in [1.165, 1.54) is 12.1 Å². The number of benzene rings is 1. The van der Waals surface area contributed by atoms with Crippen LogP contribution in [-0.2, 0) is 9.59 Å². The monoisotopic (exact) mass is 343 g/mol. The van der Waals surface area contributed by atoms with E-state index in [1.54, 1.807) is 18.2 Å². The zero-order valence-electron chi connectivity index (χ0n) is 11.8. The average Bonchev–Trinajstić information content (AvgIpc) is 2.49. The molecule has 0 aliphatic heterocycles. The quantitative estimate of drug-likeness (QED) is 0.422. The molecule has 1 aromatic rings. The number of carbonyl (C=O) groups is 2. The van der Waals surface area contributed by atoms with Crippen LogP contribution in [0.2, 0.25) is 0 Å². The molecule has 9 heteroatoms. The zero-order chi connectivity index (χ0) is 17.4. The maximum absolute atomic E-state index is 11.6. The molecule has 2 rings (SSSR count). The van der Waals surface area contributed by atoms with Gasteiger partial charge in [0.15, 0.2) is 0 Å². The Morgan fingerprint density at radius 3 is 2.22 bits per heavy atom. The first-order valence-corrected chi connectivity index (χ1v) is 7.06. The lowest BCUT2D eigenvalue weighted by atomic mass is 9.66. The predicted molar refractivity (Wildman–Crippen MR) is 78.0 cm³/mol. The SMILES string of the molecule is O=C(O)C1(Cl)CC(c2ccccc2)C(O)C(C(=O)O)([N+](=O)[O-])C1. The van der Waals surface area contributed by atoms with Crippen molar-refractivity contribution < 1.29 is 29.8 Å². The topological polar surface area (TPSA) is 138 Å². The molecule has 124 valence electrons. The van der Waals surface area contributed by atoms with Crippen molar-refractivity contribution in [2.75, 3.05) is 0 Å². The number of aliphatic hydroxyl groups is 1. The lowest BCUT2D eigenvalue weighted by Gasteiger charge is -2.42. The Morgan fingerprint density at radius 2 is 1.78 bits per heavy atom. The molecule has 0 heterocycles. The van der Waals surface area contributed by atoms with Crippen LogP contribution in [0, 0.1) is 10.1 Å². The second-order valence-electron chi connectivity index (χ2n) is 5.60. The molecule has 1 fully saturated rings. The van der Waals surface area contributed by atoms with E-state index in [0.717, 1.165) is 0 Å². The van der Waals surface area contributed by atoms with E-state index in [9.17, 15) is 35.0 Å². The molecular weight excluding hydrogens is 330 g/mol. The first kappa shape index (κ1) is 17.2. The Morgan fingerprint density at radius 1 is 1.22 bits per heavy atom. The Labute approximate surface area is 135 Å². The van der Waals surface area contributed by atoms with Gasteiger partial charge in [-0.15, -0.1) is 11.6 Å². The third kappa shape index (κ3) is 2.64. The molecule has 0 saturated heterocycles. The molecule has 0 amide bonds. The van der Waals surface area contributed by atoms with Crippen molar-refractivity contribution in [1.82, 2.24) is 0 Å². The Balaban J connectivity index is 2.63. The maximum atomic E-state index is 11.6. The van der Waals surface area contributed by atoms with Gasteiger partial charge in [-0.1, -0.05) is 30.3 Å². The number of aliphatic hydroxyl groups excluding tert-OH is 1.